The van der Waals surface area contributed by atoms with Gasteiger partial charge in [-0.25, -0.2) is 18.6 Å². The molecule has 0 fully saturated rings. The van der Waals surface area contributed by atoms with Gasteiger partial charge < -0.3 is 4.74 Å². The minimum absolute atomic E-state index is 0.00365. The van der Waals surface area contributed by atoms with Crippen molar-refractivity contribution in [2.75, 3.05) is 0 Å². The van der Waals surface area contributed by atoms with E-state index in [1.54, 1.807) is 6.07 Å². The molecular weight excluding hydrogens is 400 g/mol. The zero-order valence-electron chi connectivity index (χ0n) is 13.0. The highest BCUT2D eigenvalue weighted by Gasteiger charge is 2.67. The van der Waals surface area contributed by atoms with Gasteiger partial charge in [0.15, 0.2) is 0 Å². The van der Waals surface area contributed by atoms with Crippen LogP contribution in [-0.4, -0.2) is 29.4 Å². The van der Waals surface area contributed by atoms with Gasteiger partial charge in [-0.05, 0) is 24.3 Å². The van der Waals surface area contributed by atoms with Crippen molar-refractivity contribution in [2.24, 2.45) is 0 Å². The predicted octanol–water partition coefficient (Wildman–Crippen LogP) is 5.69. The summed E-state index contributed by atoms with van der Waals surface area (Å²) in [5, 5.41) is 0.0332. The lowest BCUT2D eigenvalue weighted by molar-refractivity contribution is -0.349. The quantitative estimate of drug-likeness (QED) is 0.318. The van der Waals surface area contributed by atoms with Crippen LogP contribution in [0.4, 0.5) is 26.3 Å². The lowest BCUT2D eigenvalue weighted by Gasteiger charge is -2.26. The molecule has 3 nitrogen and oxygen atoms in total. The van der Waals surface area contributed by atoms with Gasteiger partial charge in [-0.15, -0.1) is 0 Å². The number of benzene rings is 2. The zero-order chi connectivity index (χ0) is 20.0. The Labute approximate surface area is 152 Å². The highest BCUT2D eigenvalue weighted by molar-refractivity contribution is 6.31. The summed E-state index contributed by atoms with van der Waals surface area (Å²) in [4.78, 5) is 16.6. The Balaban J connectivity index is 2.25. The summed E-state index contributed by atoms with van der Waals surface area (Å²) in [6, 6.07) is 9.73. The van der Waals surface area contributed by atoms with Gasteiger partial charge in [0, 0.05) is 15.8 Å². The molecule has 27 heavy (non-hydrogen) atoms. The van der Waals surface area contributed by atoms with Crippen LogP contribution >= 0.6 is 11.6 Å². The number of fused-ring (bicyclic) bond motifs is 2. The molecule has 0 radical (unpaired) electrons. The number of ether oxygens (including phenoxy) is 1. The molecule has 0 N–H and O–H groups in total. The molecule has 0 amide bonds. The number of alkyl halides is 6. The first kappa shape index (κ1) is 19.2. The van der Waals surface area contributed by atoms with Gasteiger partial charge in [0.25, 0.3) is 0 Å². The van der Waals surface area contributed by atoms with Gasteiger partial charge in [0.05, 0.1) is 16.6 Å². The summed E-state index contributed by atoms with van der Waals surface area (Å²) >= 11 is 5.85. The van der Waals surface area contributed by atoms with E-state index in [4.69, 9.17) is 11.6 Å². The van der Waals surface area contributed by atoms with Crippen molar-refractivity contribution >= 4 is 39.4 Å². The number of aromatic nitrogens is 1. The maximum absolute atomic E-state index is 13.9. The summed E-state index contributed by atoms with van der Waals surface area (Å²) in [6.45, 7) is 0. The second-order valence-corrected chi connectivity index (χ2v) is 5.93. The lowest BCUT2D eigenvalue weighted by Crippen LogP contribution is -2.51. The largest absolute Gasteiger partial charge is 0.466 e. The Morgan fingerprint density at radius 1 is 1.00 bits per heavy atom. The zero-order valence-corrected chi connectivity index (χ0v) is 13.8. The number of para-hydroxylation sites is 1. The van der Waals surface area contributed by atoms with E-state index in [1.807, 2.05) is 0 Å². The molecule has 1 aromatic heterocycles. The van der Waals surface area contributed by atoms with Gasteiger partial charge in [-0.3, -0.25) is 0 Å². The molecule has 0 saturated heterocycles. The number of hydrogen-bond donors (Lipinski definition) is 0. The standard InChI is InChI=1S/C17H8ClF6NO2/c18-8-5-6-12-10(7-8)13(9-3-1-2-4-11(9)25-12)14(26)27-16(21,15(19)20)17(22,23)24/h1-7,15H. The second kappa shape index (κ2) is 6.56. The summed E-state index contributed by atoms with van der Waals surface area (Å²) in [5.41, 5.74) is -0.239. The molecule has 0 aliphatic heterocycles. The van der Waals surface area contributed by atoms with Crippen molar-refractivity contribution < 1.29 is 35.9 Å². The third-order valence-electron chi connectivity index (χ3n) is 3.75. The van der Waals surface area contributed by atoms with Crippen LogP contribution in [-0.2, 0) is 4.74 Å². The van der Waals surface area contributed by atoms with Crippen molar-refractivity contribution in [2.45, 2.75) is 18.5 Å². The second-order valence-electron chi connectivity index (χ2n) is 5.50. The number of carbonyl (C=O) groups is 1. The SMILES string of the molecule is O=C(OC(F)(C(F)F)C(F)(F)F)c1c2ccccc2nc2ccc(Cl)cc12. The van der Waals surface area contributed by atoms with Crippen LogP contribution in [0.5, 0.6) is 0 Å². The summed E-state index contributed by atoms with van der Waals surface area (Å²) < 4.78 is 81.3. The van der Waals surface area contributed by atoms with E-state index in [0.717, 1.165) is 0 Å². The monoisotopic (exact) mass is 407 g/mol. The summed E-state index contributed by atoms with van der Waals surface area (Å²) in [6.07, 6.45) is -10.8. The fourth-order valence-corrected chi connectivity index (χ4v) is 2.67. The number of pyridine rings is 1. The van der Waals surface area contributed by atoms with Gasteiger partial charge in [-0.2, -0.15) is 17.6 Å². The molecule has 1 atom stereocenters. The highest BCUT2D eigenvalue weighted by atomic mass is 35.5. The molecule has 2 aromatic carbocycles. The third kappa shape index (κ3) is 3.27. The number of hydrogen-bond acceptors (Lipinski definition) is 3. The van der Waals surface area contributed by atoms with E-state index >= 15 is 0 Å². The maximum Gasteiger partial charge on any atom is 0.466 e. The fourth-order valence-electron chi connectivity index (χ4n) is 2.50. The van der Waals surface area contributed by atoms with Crippen LogP contribution < -0.4 is 0 Å². The Morgan fingerprint density at radius 3 is 2.26 bits per heavy atom. The molecule has 0 aliphatic rings. The molecule has 0 spiro atoms. The Bertz CT molecular complexity index is 1040. The molecule has 3 aromatic rings. The van der Waals surface area contributed by atoms with Crippen molar-refractivity contribution in [1.82, 2.24) is 4.98 Å². The minimum Gasteiger partial charge on any atom is -0.411 e. The van der Waals surface area contributed by atoms with Gasteiger partial charge >= 0.3 is 24.4 Å². The van der Waals surface area contributed by atoms with Crippen LogP contribution in [0.3, 0.4) is 0 Å². The first-order chi connectivity index (χ1) is 12.5. The highest BCUT2D eigenvalue weighted by Crippen LogP contribution is 2.41. The fraction of sp³-hybridized carbons (Fsp3) is 0.176. The molecule has 0 saturated carbocycles. The maximum atomic E-state index is 13.9. The van der Waals surface area contributed by atoms with Gasteiger partial charge in [0.2, 0.25) is 0 Å². The van der Waals surface area contributed by atoms with Gasteiger partial charge in [0.1, 0.15) is 0 Å². The smallest absolute Gasteiger partial charge is 0.411 e. The third-order valence-corrected chi connectivity index (χ3v) is 3.99. The topological polar surface area (TPSA) is 39.2 Å². The molecule has 1 heterocycles. The average Bonchev–Trinajstić information content (AvgIpc) is 2.58. The molecule has 0 bridgehead atoms. The Morgan fingerprint density at radius 2 is 1.63 bits per heavy atom. The predicted molar refractivity (Wildman–Crippen MR) is 85.6 cm³/mol. The van der Waals surface area contributed by atoms with Crippen LogP contribution in [0.15, 0.2) is 42.5 Å². The summed E-state index contributed by atoms with van der Waals surface area (Å²) in [7, 11) is 0. The molecule has 10 heteroatoms. The van der Waals surface area contributed by atoms with Crippen molar-refractivity contribution in [3.05, 3.63) is 53.1 Å². The van der Waals surface area contributed by atoms with Crippen molar-refractivity contribution in [3.63, 3.8) is 0 Å². The minimum atomic E-state index is -6.13. The van der Waals surface area contributed by atoms with Crippen LogP contribution in [0, 0.1) is 0 Å². The molecular formula is C17H8ClF6NO2. The lowest BCUT2D eigenvalue weighted by atomic mass is 10.0. The first-order valence-electron chi connectivity index (χ1n) is 7.29. The number of nitrogens with zero attached hydrogens (tertiary/aromatic N) is 1. The average molecular weight is 408 g/mol. The van der Waals surface area contributed by atoms with E-state index in [1.165, 1.54) is 36.4 Å². The number of carbonyl (C=O) groups excluding carboxylic acids is 1. The Kier molecular flexibility index (Phi) is 4.67. The number of rotatable bonds is 3. The molecule has 0 aliphatic carbocycles. The van der Waals surface area contributed by atoms with E-state index in [0.29, 0.717) is 0 Å². The van der Waals surface area contributed by atoms with Crippen molar-refractivity contribution in [3.8, 4) is 0 Å². The van der Waals surface area contributed by atoms with Crippen LogP contribution in [0.1, 0.15) is 10.4 Å². The van der Waals surface area contributed by atoms with E-state index in [2.05, 4.69) is 9.72 Å². The summed E-state index contributed by atoms with van der Waals surface area (Å²) in [5.74, 6) is -7.37. The van der Waals surface area contributed by atoms with Gasteiger partial charge in [-0.1, -0.05) is 29.8 Å². The normalized spacial score (nSPS) is 14.5. The van der Waals surface area contributed by atoms with Crippen molar-refractivity contribution in [1.29, 1.82) is 0 Å². The Hall–Kier alpha value is -2.55. The number of halogens is 7. The number of esters is 1. The molecule has 142 valence electrons. The van der Waals surface area contributed by atoms with Crippen LogP contribution in [0.2, 0.25) is 5.02 Å². The van der Waals surface area contributed by atoms with E-state index < -0.39 is 30.0 Å². The molecule has 1 unspecified atom stereocenters. The molecule has 3 rings (SSSR count). The van der Waals surface area contributed by atoms with E-state index in [9.17, 15) is 31.1 Å². The van der Waals surface area contributed by atoms with E-state index in [-0.39, 0.29) is 26.8 Å². The first-order valence-corrected chi connectivity index (χ1v) is 7.67. The van der Waals surface area contributed by atoms with Crippen LogP contribution in [0.25, 0.3) is 21.8 Å².